The number of amides is 1. The largest absolute Gasteiger partial charge is 0.351 e. The third kappa shape index (κ3) is 2.79. The van der Waals surface area contributed by atoms with Gasteiger partial charge in [-0.05, 0) is 23.6 Å². The van der Waals surface area contributed by atoms with Gasteiger partial charge in [-0.3, -0.25) is 14.8 Å². The van der Waals surface area contributed by atoms with Gasteiger partial charge in [0.25, 0.3) is 5.91 Å². The van der Waals surface area contributed by atoms with E-state index < -0.39 is 0 Å². The lowest BCUT2D eigenvalue weighted by atomic mass is 10.2. The Balaban J connectivity index is 1.54. The SMILES string of the molecule is O=C(NCc1nccnc1-c1cccs1)c1cc2ccccc2[nH]1. The molecule has 3 aromatic heterocycles. The maximum absolute atomic E-state index is 12.4. The van der Waals surface area contributed by atoms with Crippen molar-refractivity contribution in [2.24, 2.45) is 0 Å². The summed E-state index contributed by atoms with van der Waals surface area (Å²) < 4.78 is 0. The number of rotatable bonds is 4. The summed E-state index contributed by atoms with van der Waals surface area (Å²) in [6, 6.07) is 13.6. The molecule has 24 heavy (non-hydrogen) atoms. The molecule has 0 aliphatic heterocycles. The maximum Gasteiger partial charge on any atom is 0.268 e. The average molecular weight is 334 g/mol. The highest BCUT2D eigenvalue weighted by Gasteiger charge is 2.12. The quantitative estimate of drug-likeness (QED) is 0.599. The fourth-order valence-electron chi connectivity index (χ4n) is 2.57. The fraction of sp³-hybridized carbons (Fsp3) is 0.0556. The Morgan fingerprint density at radius 3 is 2.83 bits per heavy atom. The van der Waals surface area contributed by atoms with E-state index in [1.165, 1.54) is 0 Å². The van der Waals surface area contributed by atoms with Crippen molar-refractivity contribution in [2.75, 3.05) is 0 Å². The molecular formula is C18H14N4OS. The molecule has 0 radical (unpaired) electrons. The maximum atomic E-state index is 12.4. The Morgan fingerprint density at radius 1 is 1.12 bits per heavy atom. The van der Waals surface area contributed by atoms with Crippen molar-refractivity contribution in [3.8, 4) is 10.6 Å². The molecule has 1 amide bonds. The molecule has 0 unspecified atom stereocenters. The van der Waals surface area contributed by atoms with Gasteiger partial charge in [0.15, 0.2) is 0 Å². The zero-order chi connectivity index (χ0) is 16.4. The van der Waals surface area contributed by atoms with Gasteiger partial charge in [0.2, 0.25) is 0 Å². The van der Waals surface area contributed by atoms with Gasteiger partial charge >= 0.3 is 0 Å². The monoisotopic (exact) mass is 334 g/mol. The van der Waals surface area contributed by atoms with E-state index in [2.05, 4.69) is 20.3 Å². The highest BCUT2D eigenvalue weighted by atomic mass is 32.1. The number of para-hydroxylation sites is 1. The number of thiophene rings is 1. The first-order chi connectivity index (χ1) is 11.8. The molecule has 5 nitrogen and oxygen atoms in total. The summed E-state index contributed by atoms with van der Waals surface area (Å²) in [5, 5.41) is 5.92. The average Bonchev–Trinajstić information content (AvgIpc) is 3.29. The van der Waals surface area contributed by atoms with E-state index in [9.17, 15) is 4.79 Å². The molecule has 118 valence electrons. The molecule has 2 N–H and O–H groups in total. The smallest absolute Gasteiger partial charge is 0.268 e. The number of benzene rings is 1. The van der Waals surface area contributed by atoms with Gasteiger partial charge in [0.1, 0.15) is 11.4 Å². The minimum atomic E-state index is -0.158. The molecule has 0 spiro atoms. The van der Waals surface area contributed by atoms with Gasteiger partial charge in [-0.1, -0.05) is 24.3 Å². The minimum absolute atomic E-state index is 0.158. The summed E-state index contributed by atoms with van der Waals surface area (Å²) in [6.45, 7) is 0.329. The van der Waals surface area contributed by atoms with Crippen molar-refractivity contribution < 1.29 is 4.79 Å². The first-order valence-corrected chi connectivity index (χ1v) is 8.39. The Bertz CT molecular complexity index is 958. The second-order valence-electron chi connectivity index (χ2n) is 5.28. The number of hydrogen-bond acceptors (Lipinski definition) is 4. The van der Waals surface area contributed by atoms with Crippen molar-refractivity contribution in [3.63, 3.8) is 0 Å². The van der Waals surface area contributed by atoms with E-state index in [0.29, 0.717) is 12.2 Å². The van der Waals surface area contributed by atoms with E-state index in [1.54, 1.807) is 23.7 Å². The highest BCUT2D eigenvalue weighted by Crippen LogP contribution is 2.24. The van der Waals surface area contributed by atoms with E-state index in [0.717, 1.165) is 27.2 Å². The molecule has 1 aromatic carbocycles. The van der Waals surface area contributed by atoms with Crippen LogP contribution in [0.15, 0.2) is 60.2 Å². The Morgan fingerprint density at radius 2 is 2.00 bits per heavy atom. The summed E-state index contributed by atoms with van der Waals surface area (Å²) in [5.74, 6) is -0.158. The highest BCUT2D eigenvalue weighted by molar-refractivity contribution is 7.13. The van der Waals surface area contributed by atoms with Crippen LogP contribution in [0.3, 0.4) is 0 Å². The van der Waals surface area contributed by atoms with Crippen LogP contribution in [0.2, 0.25) is 0 Å². The molecule has 4 aromatic rings. The molecule has 3 heterocycles. The number of fused-ring (bicyclic) bond motifs is 1. The normalized spacial score (nSPS) is 10.8. The number of carbonyl (C=O) groups is 1. The zero-order valence-electron chi connectivity index (χ0n) is 12.7. The van der Waals surface area contributed by atoms with Crippen molar-refractivity contribution in [2.45, 2.75) is 6.54 Å². The number of nitrogens with one attached hydrogen (secondary N) is 2. The summed E-state index contributed by atoms with van der Waals surface area (Å²) in [4.78, 5) is 25.3. The first-order valence-electron chi connectivity index (χ1n) is 7.51. The lowest BCUT2D eigenvalue weighted by molar-refractivity contribution is 0.0946. The predicted octanol–water partition coefficient (Wildman–Crippen LogP) is 3.62. The number of aromatic amines is 1. The van der Waals surface area contributed by atoms with Gasteiger partial charge < -0.3 is 10.3 Å². The van der Waals surface area contributed by atoms with Crippen LogP contribution in [0.1, 0.15) is 16.2 Å². The van der Waals surface area contributed by atoms with E-state index in [4.69, 9.17) is 0 Å². The summed E-state index contributed by atoms with van der Waals surface area (Å²) in [6.07, 6.45) is 3.31. The minimum Gasteiger partial charge on any atom is -0.351 e. The van der Waals surface area contributed by atoms with E-state index in [1.807, 2.05) is 47.8 Å². The van der Waals surface area contributed by atoms with Crippen molar-refractivity contribution in [1.29, 1.82) is 0 Å². The van der Waals surface area contributed by atoms with Crippen LogP contribution in [-0.2, 0) is 6.54 Å². The second kappa shape index (κ2) is 6.25. The fourth-order valence-corrected chi connectivity index (χ4v) is 3.31. The van der Waals surface area contributed by atoms with E-state index in [-0.39, 0.29) is 5.91 Å². The van der Waals surface area contributed by atoms with Crippen molar-refractivity contribution >= 4 is 28.1 Å². The Labute approximate surface area is 142 Å². The zero-order valence-corrected chi connectivity index (χ0v) is 13.5. The lowest BCUT2D eigenvalue weighted by Gasteiger charge is -2.07. The van der Waals surface area contributed by atoms with Crippen LogP contribution in [0.25, 0.3) is 21.5 Å². The molecule has 4 rings (SSSR count). The van der Waals surface area contributed by atoms with Crippen molar-refractivity contribution in [3.05, 3.63) is 71.6 Å². The van der Waals surface area contributed by atoms with Gasteiger partial charge in [0.05, 0.1) is 17.1 Å². The van der Waals surface area contributed by atoms with Crippen LogP contribution >= 0.6 is 11.3 Å². The molecular weight excluding hydrogens is 320 g/mol. The lowest BCUT2D eigenvalue weighted by Crippen LogP contribution is -2.24. The molecule has 0 bridgehead atoms. The van der Waals surface area contributed by atoms with Crippen LogP contribution in [-0.4, -0.2) is 20.9 Å². The van der Waals surface area contributed by atoms with Gasteiger partial charge in [-0.25, -0.2) is 0 Å². The third-order valence-electron chi connectivity index (χ3n) is 3.72. The Kier molecular flexibility index (Phi) is 3.80. The summed E-state index contributed by atoms with van der Waals surface area (Å²) >= 11 is 1.60. The van der Waals surface area contributed by atoms with Gasteiger partial charge in [0, 0.05) is 23.3 Å². The molecule has 0 saturated carbocycles. The number of H-pyrrole nitrogens is 1. The summed E-state index contributed by atoms with van der Waals surface area (Å²) in [7, 11) is 0. The number of nitrogens with zero attached hydrogens (tertiary/aromatic N) is 2. The number of carbonyl (C=O) groups excluding carboxylic acids is 1. The molecule has 0 fully saturated rings. The Hall–Kier alpha value is -2.99. The third-order valence-corrected chi connectivity index (χ3v) is 4.60. The van der Waals surface area contributed by atoms with Gasteiger partial charge in [-0.2, -0.15) is 0 Å². The molecule has 0 atom stereocenters. The van der Waals surface area contributed by atoms with Gasteiger partial charge in [-0.15, -0.1) is 11.3 Å². The molecule has 0 aliphatic rings. The second-order valence-corrected chi connectivity index (χ2v) is 6.23. The number of hydrogen-bond donors (Lipinski definition) is 2. The van der Waals surface area contributed by atoms with Crippen LogP contribution in [0.5, 0.6) is 0 Å². The molecule has 6 heteroatoms. The molecule has 0 aliphatic carbocycles. The topological polar surface area (TPSA) is 70.7 Å². The number of aromatic nitrogens is 3. The summed E-state index contributed by atoms with van der Waals surface area (Å²) in [5.41, 5.74) is 3.05. The van der Waals surface area contributed by atoms with E-state index >= 15 is 0 Å². The first kappa shape index (κ1) is 14.6. The van der Waals surface area contributed by atoms with Crippen LogP contribution in [0, 0.1) is 0 Å². The predicted molar refractivity (Wildman–Crippen MR) is 94.8 cm³/mol. The van der Waals surface area contributed by atoms with Crippen molar-refractivity contribution in [1.82, 2.24) is 20.3 Å². The van der Waals surface area contributed by atoms with Crippen LogP contribution < -0.4 is 5.32 Å². The van der Waals surface area contributed by atoms with Crippen LogP contribution in [0.4, 0.5) is 0 Å². The molecule has 0 saturated heterocycles. The standard InChI is InChI=1S/C18H14N4OS/c23-18(14-10-12-4-1-2-5-13(12)22-14)21-11-15-17(20-8-7-19-15)16-6-3-9-24-16/h1-10,22H,11H2,(H,21,23).